The van der Waals surface area contributed by atoms with Crippen LogP contribution in [0.5, 0.6) is 0 Å². The molecule has 0 unspecified atom stereocenters. The van der Waals surface area contributed by atoms with Crippen LogP contribution in [0.25, 0.3) is 11.3 Å². The molecule has 0 saturated carbocycles. The number of hydrogen-bond acceptors (Lipinski definition) is 8. The molecule has 1 aliphatic heterocycles. The number of halogens is 3. The standard InChI is InChI=1S/C20H21F3N6O3S2/c1-12-8-13(10-14(9-12)26-18-25-5-2-16(28-18)20(21,22)23)15-11-33-17(27-15)19(30)3-6-29(7-4-19)34(24,31)32/h2,5,8-11,30H,3-4,6-7H2,1H3,(H2,24,31,32)(H,25,26,28). The van der Waals surface area contributed by atoms with Gasteiger partial charge in [-0.3, -0.25) is 0 Å². The summed E-state index contributed by atoms with van der Waals surface area (Å²) in [6, 6.07) is 6.08. The lowest BCUT2D eigenvalue weighted by molar-refractivity contribution is -0.141. The largest absolute Gasteiger partial charge is 0.433 e. The molecule has 0 bridgehead atoms. The van der Waals surface area contributed by atoms with Crippen LogP contribution in [0.4, 0.5) is 24.8 Å². The third-order valence-electron chi connectivity index (χ3n) is 5.39. The molecule has 0 aliphatic carbocycles. The van der Waals surface area contributed by atoms with Gasteiger partial charge < -0.3 is 10.4 Å². The highest BCUT2D eigenvalue weighted by Crippen LogP contribution is 2.37. The Hall–Kier alpha value is -2.65. The van der Waals surface area contributed by atoms with Gasteiger partial charge >= 0.3 is 6.18 Å². The number of piperidine rings is 1. The van der Waals surface area contributed by atoms with E-state index >= 15 is 0 Å². The maximum Gasteiger partial charge on any atom is 0.433 e. The van der Waals surface area contributed by atoms with Crippen molar-refractivity contribution >= 4 is 33.2 Å². The normalized spacial score (nSPS) is 17.0. The van der Waals surface area contributed by atoms with Crippen LogP contribution in [0.1, 0.15) is 29.1 Å². The minimum Gasteiger partial charge on any atom is -0.383 e. The number of aromatic nitrogens is 3. The molecule has 3 aromatic rings. The molecule has 1 fully saturated rings. The lowest BCUT2D eigenvalue weighted by Gasteiger charge is -2.35. The van der Waals surface area contributed by atoms with Crippen molar-refractivity contribution in [2.75, 3.05) is 18.4 Å². The van der Waals surface area contributed by atoms with E-state index in [9.17, 15) is 26.7 Å². The molecule has 0 radical (unpaired) electrons. The van der Waals surface area contributed by atoms with Crippen molar-refractivity contribution in [2.24, 2.45) is 5.14 Å². The maximum absolute atomic E-state index is 12.9. The van der Waals surface area contributed by atoms with Crippen molar-refractivity contribution < 1.29 is 26.7 Å². The summed E-state index contributed by atoms with van der Waals surface area (Å²) < 4.78 is 63.0. The average Bonchev–Trinajstić information content (AvgIpc) is 3.24. The number of anilines is 2. The predicted molar refractivity (Wildman–Crippen MR) is 120 cm³/mol. The lowest BCUT2D eigenvalue weighted by Crippen LogP contribution is -2.47. The highest BCUT2D eigenvalue weighted by molar-refractivity contribution is 7.86. The van der Waals surface area contributed by atoms with Gasteiger partial charge in [-0.1, -0.05) is 0 Å². The Labute approximate surface area is 197 Å². The average molecular weight is 515 g/mol. The van der Waals surface area contributed by atoms with E-state index < -0.39 is 27.7 Å². The topological polar surface area (TPSA) is 134 Å². The summed E-state index contributed by atoms with van der Waals surface area (Å²) in [6.07, 6.45) is -3.24. The Kier molecular flexibility index (Phi) is 6.37. The summed E-state index contributed by atoms with van der Waals surface area (Å²) >= 11 is 1.25. The molecule has 1 saturated heterocycles. The molecule has 0 atom stereocenters. The predicted octanol–water partition coefficient (Wildman–Crippen LogP) is 3.16. The van der Waals surface area contributed by atoms with E-state index in [1.807, 2.05) is 13.0 Å². The van der Waals surface area contributed by atoms with Crippen molar-refractivity contribution in [1.29, 1.82) is 0 Å². The van der Waals surface area contributed by atoms with Gasteiger partial charge in [0.2, 0.25) is 5.95 Å². The maximum atomic E-state index is 12.9. The molecule has 2 aromatic heterocycles. The minimum absolute atomic E-state index is 0.0831. The molecular weight excluding hydrogens is 493 g/mol. The van der Waals surface area contributed by atoms with Gasteiger partial charge in [0, 0.05) is 35.9 Å². The summed E-state index contributed by atoms with van der Waals surface area (Å²) in [4.78, 5) is 11.9. The third kappa shape index (κ3) is 5.36. The van der Waals surface area contributed by atoms with Gasteiger partial charge in [-0.15, -0.1) is 11.3 Å². The van der Waals surface area contributed by atoms with E-state index in [2.05, 4.69) is 20.3 Å². The summed E-state index contributed by atoms with van der Waals surface area (Å²) in [5.74, 6) is -0.193. The second-order valence-corrected chi connectivity index (χ2v) is 10.4. The minimum atomic E-state index is -4.58. The quantitative estimate of drug-likeness (QED) is 0.476. The van der Waals surface area contributed by atoms with E-state index in [0.717, 1.165) is 22.1 Å². The zero-order valence-electron chi connectivity index (χ0n) is 17.9. The van der Waals surface area contributed by atoms with Crippen LogP contribution in [-0.4, -0.2) is 45.9 Å². The smallest absolute Gasteiger partial charge is 0.383 e. The number of benzene rings is 1. The zero-order chi connectivity index (χ0) is 24.7. The van der Waals surface area contributed by atoms with Crippen LogP contribution in [-0.2, 0) is 22.0 Å². The first-order valence-corrected chi connectivity index (χ1v) is 12.5. The van der Waals surface area contributed by atoms with Crippen LogP contribution in [0.15, 0.2) is 35.8 Å². The first kappa shape index (κ1) is 24.5. The van der Waals surface area contributed by atoms with E-state index in [0.29, 0.717) is 22.0 Å². The van der Waals surface area contributed by atoms with Crippen molar-refractivity contribution in [3.05, 3.63) is 52.1 Å². The van der Waals surface area contributed by atoms with Crippen LogP contribution in [0.3, 0.4) is 0 Å². The third-order valence-corrected chi connectivity index (χ3v) is 7.51. The number of thiazole rings is 1. The van der Waals surface area contributed by atoms with Gasteiger partial charge in [0.05, 0.1) is 5.69 Å². The van der Waals surface area contributed by atoms with Crippen molar-refractivity contribution in [2.45, 2.75) is 31.5 Å². The van der Waals surface area contributed by atoms with Gasteiger partial charge in [-0.2, -0.15) is 25.9 Å². The first-order valence-electron chi connectivity index (χ1n) is 10.1. The Bertz CT molecular complexity index is 1300. The number of alkyl halides is 3. The van der Waals surface area contributed by atoms with Crippen LogP contribution < -0.4 is 10.5 Å². The van der Waals surface area contributed by atoms with Crippen LogP contribution in [0, 0.1) is 6.92 Å². The number of rotatable bonds is 5. The van der Waals surface area contributed by atoms with Crippen molar-refractivity contribution in [3.8, 4) is 11.3 Å². The second kappa shape index (κ2) is 8.85. The molecule has 34 heavy (non-hydrogen) atoms. The highest BCUT2D eigenvalue weighted by atomic mass is 32.2. The molecule has 0 amide bonds. The summed E-state index contributed by atoms with van der Waals surface area (Å²) in [6.45, 7) is 1.99. The number of aliphatic hydroxyl groups is 1. The SMILES string of the molecule is Cc1cc(Nc2nccc(C(F)(F)F)n2)cc(-c2csc(C3(O)CCN(S(N)(=O)=O)CC3)n2)c1. The first-order chi connectivity index (χ1) is 15.8. The molecule has 182 valence electrons. The Balaban J connectivity index is 1.56. The molecule has 4 rings (SSSR count). The van der Waals surface area contributed by atoms with E-state index in [1.54, 1.807) is 17.5 Å². The number of nitrogens with two attached hydrogens (primary N) is 1. The number of hydrogen-bond donors (Lipinski definition) is 3. The highest BCUT2D eigenvalue weighted by Gasteiger charge is 2.39. The fourth-order valence-electron chi connectivity index (χ4n) is 3.65. The number of nitrogens with zero attached hydrogens (tertiary/aromatic N) is 4. The molecule has 3 heterocycles. The molecule has 9 nitrogen and oxygen atoms in total. The lowest BCUT2D eigenvalue weighted by atomic mass is 9.93. The number of aryl methyl sites for hydroxylation is 1. The summed E-state index contributed by atoms with van der Waals surface area (Å²) in [5, 5.41) is 21.2. The van der Waals surface area contributed by atoms with E-state index in [1.165, 1.54) is 11.3 Å². The van der Waals surface area contributed by atoms with Gasteiger partial charge in [0.1, 0.15) is 16.3 Å². The Morgan fingerprint density at radius 3 is 2.56 bits per heavy atom. The van der Waals surface area contributed by atoms with Gasteiger partial charge in [-0.05, 0) is 49.6 Å². The molecule has 1 aliphatic rings. The fourth-order valence-corrected chi connectivity index (χ4v) is 5.33. The van der Waals surface area contributed by atoms with E-state index in [4.69, 9.17) is 5.14 Å². The van der Waals surface area contributed by atoms with E-state index in [-0.39, 0.29) is 31.9 Å². The van der Waals surface area contributed by atoms with Crippen LogP contribution >= 0.6 is 11.3 Å². The molecular formula is C20H21F3N6O3S2. The summed E-state index contributed by atoms with van der Waals surface area (Å²) in [7, 11) is -3.82. The zero-order valence-corrected chi connectivity index (χ0v) is 19.5. The second-order valence-electron chi connectivity index (χ2n) is 7.99. The van der Waals surface area contributed by atoms with Crippen LogP contribution in [0.2, 0.25) is 0 Å². The summed E-state index contributed by atoms with van der Waals surface area (Å²) in [5.41, 5.74) is 0.219. The Morgan fingerprint density at radius 1 is 1.21 bits per heavy atom. The molecule has 0 spiro atoms. The molecule has 14 heteroatoms. The van der Waals surface area contributed by atoms with Gasteiger partial charge in [-0.25, -0.2) is 20.1 Å². The Morgan fingerprint density at radius 2 is 1.91 bits per heavy atom. The number of nitrogens with one attached hydrogen (secondary N) is 1. The monoisotopic (exact) mass is 514 g/mol. The molecule has 1 aromatic carbocycles. The fraction of sp³-hybridized carbons (Fsp3) is 0.350. The molecule has 4 N–H and O–H groups in total. The van der Waals surface area contributed by atoms with Crippen molar-refractivity contribution in [3.63, 3.8) is 0 Å². The van der Waals surface area contributed by atoms with Gasteiger partial charge in [0.15, 0.2) is 0 Å². The van der Waals surface area contributed by atoms with Gasteiger partial charge in [0.25, 0.3) is 10.2 Å². The van der Waals surface area contributed by atoms with Crippen molar-refractivity contribution in [1.82, 2.24) is 19.3 Å².